The highest BCUT2D eigenvalue weighted by Gasteiger charge is 2.26. The van der Waals surface area contributed by atoms with Gasteiger partial charge < -0.3 is 25.7 Å². The van der Waals surface area contributed by atoms with Crippen LogP contribution in [0.25, 0.3) is 0 Å². The predicted molar refractivity (Wildman–Crippen MR) is 224 cm³/mol. The average Bonchev–Trinajstić information content (AvgIpc) is 3.15. The first kappa shape index (κ1) is 51.3. The van der Waals surface area contributed by atoms with Crippen LogP contribution in [0, 0.1) is 0 Å². The van der Waals surface area contributed by atoms with Gasteiger partial charge in [0.2, 0.25) is 5.91 Å². The lowest BCUT2D eigenvalue weighted by molar-refractivity contribution is -0.124. The van der Waals surface area contributed by atoms with Crippen LogP contribution >= 0.6 is 0 Å². The summed E-state index contributed by atoms with van der Waals surface area (Å²) in [5.41, 5.74) is 0. The zero-order valence-corrected chi connectivity index (χ0v) is 34.9. The van der Waals surface area contributed by atoms with E-state index < -0.39 is 18.2 Å². The van der Waals surface area contributed by atoms with Gasteiger partial charge in [0, 0.05) is 13.0 Å². The number of hydrogen-bond donors (Lipinski definition) is 5. The van der Waals surface area contributed by atoms with Crippen molar-refractivity contribution in [3.63, 3.8) is 0 Å². The fourth-order valence-corrected chi connectivity index (χ4v) is 7.61. The molecule has 6 nitrogen and oxygen atoms in total. The zero-order chi connectivity index (χ0) is 38.0. The maximum absolute atomic E-state index is 12.4. The van der Waals surface area contributed by atoms with Gasteiger partial charge in [0.25, 0.3) is 0 Å². The molecule has 52 heavy (non-hydrogen) atoms. The third-order valence-electron chi connectivity index (χ3n) is 11.3. The number of nitrogens with one attached hydrogen (secondary N) is 1. The number of carbonyl (C=O) groups excluding carboxylic acids is 1. The molecule has 0 aliphatic heterocycles. The van der Waals surface area contributed by atoms with Gasteiger partial charge in [-0.3, -0.25) is 4.79 Å². The Kier molecular flexibility index (Phi) is 42.5. The Balaban J connectivity index is 3.49. The van der Waals surface area contributed by atoms with Crippen LogP contribution < -0.4 is 5.32 Å². The number of carbonyl (C=O) groups is 1. The number of aliphatic hydroxyl groups is 4. The fraction of sp³-hybridized carbons (Fsp3) is 0.978. The molecule has 0 aromatic carbocycles. The molecule has 0 spiro atoms. The molecule has 3 atom stereocenters. The molecule has 0 radical (unpaired) electrons. The summed E-state index contributed by atoms with van der Waals surface area (Å²) in [7, 11) is 0. The van der Waals surface area contributed by atoms with E-state index in [1.165, 1.54) is 193 Å². The van der Waals surface area contributed by atoms with Gasteiger partial charge >= 0.3 is 0 Å². The molecular formula is C46H93NO5. The summed E-state index contributed by atoms with van der Waals surface area (Å²) >= 11 is 0. The Labute approximate surface area is 324 Å². The minimum Gasteiger partial charge on any atom is -0.396 e. The number of rotatable bonds is 44. The maximum Gasteiger partial charge on any atom is 0.220 e. The highest BCUT2D eigenvalue weighted by Crippen LogP contribution is 2.17. The Hall–Kier alpha value is -0.690. The van der Waals surface area contributed by atoms with Crippen LogP contribution in [-0.2, 0) is 4.79 Å². The molecule has 0 heterocycles. The summed E-state index contributed by atoms with van der Waals surface area (Å²) in [6, 6.07) is -0.806. The van der Waals surface area contributed by atoms with Gasteiger partial charge in [-0.05, 0) is 19.3 Å². The highest BCUT2D eigenvalue weighted by atomic mass is 16.3. The van der Waals surface area contributed by atoms with Crippen molar-refractivity contribution in [2.24, 2.45) is 0 Å². The second-order valence-corrected chi connectivity index (χ2v) is 16.4. The third kappa shape index (κ3) is 37.6. The lowest BCUT2D eigenvalue weighted by Gasteiger charge is -2.26. The standard InChI is InChI=1S/C46H93NO5/c1-2-3-4-5-6-7-8-24-27-30-33-36-39-44(50)46(52)43(42-49)47-45(51)40-37-34-31-28-25-22-20-18-16-14-12-10-9-11-13-15-17-19-21-23-26-29-32-35-38-41-48/h43-44,46,48-50,52H,2-42H2,1H3,(H,47,51)/t43-,44+,46-/m0/s1. The largest absolute Gasteiger partial charge is 0.396 e. The number of aliphatic hydroxyl groups excluding tert-OH is 4. The highest BCUT2D eigenvalue weighted by molar-refractivity contribution is 5.76. The first-order valence-electron chi connectivity index (χ1n) is 23.4. The van der Waals surface area contributed by atoms with Crippen molar-refractivity contribution in [1.82, 2.24) is 5.32 Å². The van der Waals surface area contributed by atoms with Gasteiger partial charge in [0.15, 0.2) is 0 Å². The van der Waals surface area contributed by atoms with Crippen LogP contribution in [0.1, 0.15) is 257 Å². The van der Waals surface area contributed by atoms with Crippen LogP contribution in [0.4, 0.5) is 0 Å². The number of amides is 1. The summed E-state index contributed by atoms with van der Waals surface area (Å²) in [6.45, 7) is 2.25. The maximum atomic E-state index is 12.4. The van der Waals surface area contributed by atoms with Crippen LogP contribution in [0.15, 0.2) is 0 Å². The molecule has 0 fully saturated rings. The van der Waals surface area contributed by atoms with E-state index in [4.69, 9.17) is 5.11 Å². The topological polar surface area (TPSA) is 110 Å². The monoisotopic (exact) mass is 740 g/mol. The van der Waals surface area contributed by atoms with Gasteiger partial charge in [0.05, 0.1) is 18.8 Å². The minimum absolute atomic E-state index is 0.144. The van der Waals surface area contributed by atoms with Crippen molar-refractivity contribution in [3.05, 3.63) is 0 Å². The normalized spacial score (nSPS) is 13.4. The van der Waals surface area contributed by atoms with E-state index in [9.17, 15) is 20.1 Å². The summed E-state index contributed by atoms with van der Waals surface area (Å²) in [5, 5.41) is 42.3. The number of unbranched alkanes of at least 4 members (excludes halogenated alkanes) is 35. The van der Waals surface area contributed by atoms with E-state index in [-0.39, 0.29) is 12.5 Å². The van der Waals surface area contributed by atoms with E-state index >= 15 is 0 Å². The lowest BCUT2D eigenvalue weighted by Crippen LogP contribution is -2.50. The first-order chi connectivity index (χ1) is 25.6. The van der Waals surface area contributed by atoms with Crippen molar-refractivity contribution in [1.29, 1.82) is 0 Å². The Morgan fingerprint density at radius 1 is 0.423 bits per heavy atom. The molecule has 312 valence electrons. The van der Waals surface area contributed by atoms with Gasteiger partial charge in [0.1, 0.15) is 6.10 Å². The van der Waals surface area contributed by atoms with Gasteiger partial charge in [-0.25, -0.2) is 0 Å². The van der Waals surface area contributed by atoms with Crippen molar-refractivity contribution in [2.75, 3.05) is 13.2 Å². The molecule has 0 aliphatic carbocycles. The molecule has 1 amide bonds. The van der Waals surface area contributed by atoms with E-state index in [0.29, 0.717) is 19.4 Å². The Morgan fingerprint density at radius 3 is 1.02 bits per heavy atom. The van der Waals surface area contributed by atoms with Crippen molar-refractivity contribution in [3.8, 4) is 0 Å². The molecule has 0 unspecified atom stereocenters. The van der Waals surface area contributed by atoms with Crippen molar-refractivity contribution in [2.45, 2.75) is 276 Å². The van der Waals surface area contributed by atoms with Crippen LogP contribution in [0.2, 0.25) is 0 Å². The molecule has 5 N–H and O–H groups in total. The average molecular weight is 740 g/mol. The van der Waals surface area contributed by atoms with E-state index in [1.807, 2.05) is 0 Å². The minimum atomic E-state index is -1.13. The quantitative estimate of drug-likeness (QED) is 0.0400. The van der Waals surface area contributed by atoms with Crippen LogP contribution in [0.5, 0.6) is 0 Å². The molecular weight excluding hydrogens is 647 g/mol. The summed E-state index contributed by atoms with van der Waals surface area (Å²) in [4.78, 5) is 12.4. The Morgan fingerprint density at radius 2 is 0.712 bits per heavy atom. The van der Waals surface area contributed by atoms with Gasteiger partial charge in [-0.1, -0.05) is 232 Å². The number of hydrogen-bond acceptors (Lipinski definition) is 5. The molecule has 0 aromatic rings. The van der Waals surface area contributed by atoms with Crippen molar-refractivity contribution < 1.29 is 25.2 Å². The summed E-state index contributed by atoms with van der Waals surface area (Å²) in [6.07, 6.45) is 46.6. The zero-order valence-electron chi connectivity index (χ0n) is 34.9. The third-order valence-corrected chi connectivity index (χ3v) is 11.3. The Bertz CT molecular complexity index is 692. The molecule has 0 aromatic heterocycles. The lowest BCUT2D eigenvalue weighted by atomic mass is 9.99. The molecule has 0 rings (SSSR count). The molecule has 6 heteroatoms. The molecule has 0 bridgehead atoms. The first-order valence-corrected chi connectivity index (χ1v) is 23.4. The predicted octanol–water partition coefficient (Wildman–Crippen LogP) is 12.4. The van der Waals surface area contributed by atoms with E-state index in [1.54, 1.807) is 0 Å². The molecule has 0 aliphatic rings. The smallest absolute Gasteiger partial charge is 0.220 e. The van der Waals surface area contributed by atoms with E-state index in [2.05, 4.69) is 12.2 Å². The van der Waals surface area contributed by atoms with Crippen LogP contribution in [-0.4, -0.2) is 57.8 Å². The fourth-order valence-electron chi connectivity index (χ4n) is 7.61. The second-order valence-electron chi connectivity index (χ2n) is 16.4. The van der Waals surface area contributed by atoms with Crippen molar-refractivity contribution >= 4 is 5.91 Å². The SMILES string of the molecule is CCCCCCCCCCCCCC[C@@H](O)[C@@H](O)[C@H](CO)NC(=O)CCCCCCCCCCCCCCCCCCCCCCCCCCCO. The molecule has 0 saturated carbocycles. The van der Waals surface area contributed by atoms with E-state index in [0.717, 1.165) is 44.9 Å². The summed E-state index contributed by atoms with van der Waals surface area (Å²) in [5.74, 6) is -0.144. The van der Waals surface area contributed by atoms with Gasteiger partial charge in [-0.15, -0.1) is 0 Å². The molecule has 0 saturated heterocycles. The van der Waals surface area contributed by atoms with Gasteiger partial charge in [-0.2, -0.15) is 0 Å². The van der Waals surface area contributed by atoms with Crippen LogP contribution in [0.3, 0.4) is 0 Å². The summed E-state index contributed by atoms with van der Waals surface area (Å²) < 4.78 is 0. The second kappa shape index (κ2) is 43.0.